The van der Waals surface area contributed by atoms with Crippen LogP contribution in [0.1, 0.15) is 33.4 Å². The number of aliphatic hydroxyl groups excluding tert-OH is 1. The van der Waals surface area contributed by atoms with Crippen LogP contribution >= 0.6 is 11.8 Å². The van der Waals surface area contributed by atoms with Gasteiger partial charge in [-0.05, 0) is 61.4 Å². The molecule has 2 amide bonds. The SMILES string of the molecule is C=CCn1c(SCC(=O)Nc2ccc(C)c(C)c2)nnc1C(CO)NC(=O)c1ccc(OC)cc1. The van der Waals surface area contributed by atoms with E-state index in [9.17, 15) is 14.7 Å². The Bertz CT molecular complexity index is 1190. The van der Waals surface area contributed by atoms with Crippen molar-refractivity contribution in [3.8, 4) is 5.75 Å². The Morgan fingerprint density at radius 3 is 2.54 bits per heavy atom. The molecule has 184 valence electrons. The van der Waals surface area contributed by atoms with Gasteiger partial charge in [0.1, 0.15) is 11.8 Å². The first-order chi connectivity index (χ1) is 16.9. The van der Waals surface area contributed by atoms with Gasteiger partial charge < -0.3 is 25.0 Å². The van der Waals surface area contributed by atoms with Gasteiger partial charge in [0.2, 0.25) is 5.91 Å². The Hall–Kier alpha value is -3.63. The van der Waals surface area contributed by atoms with Crippen molar-refractivity contribution in [2.45, 2.75) is 31.6 Å². The lowest BCUT2D eigenvalue weighted by molar-refractivity contribution is -0.113. The predicted octanol–water partition coefficient (Wildman–Crippen LogP) is 3.28. The maximum atomic E-state index is 12.7. The molecule has 3 rings (SSSR count). The molecular formula is C25H29N5O4S. The van der Waals surface area contributed by atoms with Crippen LogP contribution in [-0.4, -0.2) is 51.2 Å². The summed E-state index contributed by atoms with van der Waals surface area (Å²) in [5.41, 5.74) is 3.39. The first-order valence-electron chi connectivity index (χ1n) is 11.0. The molecule has 35 heavy (non-hydrogen) atoms. The maximum absolute atomic E-state index is 12.7. The zero-order chi connectivity index (χ0) is 25.4. The molecule has 0 aliphatic carbocycles. The molecule has 0 radical (unpaired) electrons. The van der Waals surface area contributed by atoms with Gasteiger partial charge in [0, 0.05) is 17.8 Å². The topological polar surface area (TPSA) is 118 Å². The number of benzene rings is 2. The number of carbonyl (C=O) groups is 2. The molecule has 10 heteroatoms. The number of hydrogen-bond acceptors (Lipinski definition) is 7. The lowest BCUT2D eigenvalue weighted by atomic mass is 10.1. The average molecular weight is 496 g/mol. The molecule has 0 aliphatic rings. The molecule has 2 aromatic carbocycles. The molecule has 1 aromatic heterocycles. The summed E-state index contributed by atoms with van der Waals surface area (Å²) < 4.78 is 6.83. The number of nitrogens with zero attached hydrogens (tertiary/aromatic N) is 3. The van der Waals surface area contributed by atoms with Crippen molar-refractivity contribution < 1.29 is 19.4 Å². The Labute approximate surface area is 208 Å². The van der Waals surface area contributed by atoms with E-state index in [1.165, 1.54) is 11.8 Å². The molecular weight excluding hydrogens is 466 g/mol. The molecule has 1 atom stereocenters. The fourth-order valence-corrected chi connectivity index (χ4v) is 4.04. The van der Waals surface area contributed by atoms with Crippen molar-refractivity contribution in [1.82, 2.24) is 20.1 Å². The largest absolute Gasteiger partial charge is 0.497 e. The summed E-state index contributed by atoms with van der Waals surface area (Å²) in [6.07, 6.45) is 1.66. The number of hydrogen-bond donors (Lipinski definition) is 3. The summed E-state index contributed by atoms with van der Waals surface area (Å²) in [5, 5.41) is 24.5. The van der Waals surface area contributed by atoms with Crippen molar-refractivity contribution in [2.24, 2.45) is 0 Å². The van der Waals surface area contributed by atoms with Crippen LogP contribution in [0.2, 0.25) is 0 Å². The quantitative estimate of drug-likeness (QED) is 0.276. The first-order valence-corrected chi connectivity index (χ1v) is 11.9. The van der Waals surface area contributed by atoms with Crippen molar-refractivity contribution in [3.63, 3.8) is 0 Å². The summed E-state index contributed by atoms with van der Waals surface area (Å²) in [6, 6.07) is 11.6. The summed E-state index contributed by atoms with van der Waals surface area (Å²) >= 11 is 1.21. The molecule has 0 saturated heterocycles. The molecule has 9 nitrogen and oxygen atoms in total. The predicted molar refractivity (Wildman–Crippen MR) is 136 cm³/mol. The summed E-state index contributed by atoms with van der Waals surface area (Å²) in [6.45, 7) is 7.74. The molecule has 1 heterocycles. The number of aromatic nitrogens is 3. The normalized spacial score (nSPS) is 11.5. The summed E-state index contributed by atoms with van der Waals surface area (Å²) in [5.74, 6) is 0.561. The zero-order valence-corrected chi connectivity index (χ0v) is 20.8. The highest BCUT2D eigenvalue weighted by molar-refractivity contribution is 7.99. The molecule has 1 unspecified atom stereocenters. The van der Waals surface area contributed by atoms with E-state index in [4.69, 9.17) is 4.74 Å². The number of allylic oxidation sites excluding steroid dienone is 1. The molecule has 3 N–H and O–H groups in total. The molecule has 3 aromatic rings. The molecule has 0 fully saturated rings. The van der Waals surface area contributed by atoms with Crippen LogP contribution in [0.15, 0.2) is 60.3 Å². The number of thioether (sulfide) groups is 1. The second-order valence-corrected chi connectivity index (χ2v) is 8.76. The van der Waals surface area contributed by atoms with Crippen LogP contribution < -0.4 is 15.4 Å². The standard InChI is InChI=1S/C25H29N5O4S/c1-5-12-30-23(21(14-31)27-24(33)18-7-10-20(34-4)11-8-18)28-29-25(30)35-15-22(32)26-19-9-6-16(2)17(3)13-19/h5-11,13,21,31H,1,12,14-15H2,2-4H3,(H,26,32)(H,27,33). The van der Waals surface area contributed by atoms with Gasteiger partial charge in [0.25, 0.3) is 5.91 Å². The van der Waals surface area contributed by atoms with E-state index in [1.54, 1.807) is 42.0 Å². The number of amides is 2. The summed E-state index contributed by atoms with van der Waals surface area (Å²) in [7, 11) is 1.55. The van der Waals surface area contributed by atoms with Crippen LogP contribution in [-0.2, 0) is 11.3 Å². The molecule has 0 bridgehead atoms. The minimum Gasteiger partial charge on any atom is -0.497 e. The fraction of sp³-hybridized carbons (Fsp3) is 0.280. The van der Waals surface area contributed by atoms with Crippen LogP contribution in [0.4, 0.5) is 5.69 Å². The molecule has 0 saturated carbocycles. The second kappa shape index (κ2) is 12.2. The average Bonchev–Trinajstić information content (AvgIpc) is 3.26. The Morgan fingerprint density at radius 1 is 1.17 bits per heavy atom. The van der Waals surface area contributed by atoms with Crippen molar-refractivity contribution in [3.05, 3.63) is 77.6 Å². The Balaban J connectivity index is 1.69. The van der Waals surface area contributed by atoms with Crippen LogP contribution in [0.25, 0.3) is 0 Å². The minimum absolute atomic E-state index is 0.115. The minimum atomic E-state index is -0.796. The number of aliphatic hydroxyl groups is 1. The number of carbonyl (C=O) groups excluding carboxylic acids is 2. The third kappa shape index (κ3) is 6.71. The highest BCUT2D eigenvalue weighted by Gasteiger charge is 2.23. The number of nitrogens with one attached hydrogen (secondary N) is 2. The molecule has 0 spiro atoms. The van der Waals surface area contributed by atoms with E-state index in [-0.39, 0.29) is 24.2 Å². The van der Waals surface area contributed by atoms with Gasteiger partial charge in [0.15, 0.2) is 11.0 Å². The number of anilines is 1. The highest BCUT2D eigenvalue weighted by atomic mass is 32.2. The van der Waals surface area contributed by atoms with Crippen LogP contribution in [0.3, 0.4) is 0 Å². The van der Waals surface area contributed by atoms with E-state index in [0.717, 1.165) is 16.8 Å². The first kappa shape index (κ1) is 26.0. The van der Waals surface area contributed by atoms with Crippen LogP contribution in [0, 0.1) is 13.8 Å². The Morgan fingerprint density at radius 2 is 1.91 bits per heavy atom. The van der Waals surface area contributed by atoms with Crippen LogP contribution in [0.5, 0.6) is 5.75 Å². The smallest absolute Gasteiger partial charge is 0.251 e. The number of methoxy groups -OCH3 is 1. The maximum Gasteiger partial charge on any atom is 0.251 e. The Kier molecular flexibility index (Phi) is 9.04. The zero-order valence-electron chi connectivity index (χ0n) is 19.9. The van der Waals surface area contributed by atoms with Gasteiger partial charge in [-0.25, -0.2) is 0 Å². The van der Waals surface area contributed by atoms with E-state index < -0.39 is 6.04 Å². The van der Waals surface area contributed by atoms with E-state index in [0.29, 0.717) is 28.8 Å². The monoisotopic (exact) mass is 495 g/mol. The van der Waals surface area contributed by atoms with Crippen molar-refractivity contribution in [2.75, 3.05) is 24.8 Å². The number of aryl methyl sites for hydroxylation is 2. The lowest BCUT2D eigenvalue weighted by Crippen LogP contribution is -2.33. The summed E-state index contributed by atoms with van der Waals surface area (Å²) in [4.78, 5) is 25.2. The third-order valence-corrected chi connectivity index (χ3v) is 6.30. The lowest BCUT2D eigenvalue weighted by Gasteiger charge is -2.17. The van der Waals surface area contributed by atoms with E-state index in [1.807, 2.05) is 32.0 Å². The van der Waals surface area contributed by atoms with Gasteiger partial charge in [-0.1, -0.05) is 23.9 Å². The van der Waals surface area contributed by atoms with Gasteiger partial charge in [-0.2, -0.15) is 0 Å². The van der Waals surface area contributed by atoms with E-state index in [2.05, 4.69) is 27.4 Å². The fourth-order valence-electron chi connectivity index (χ4n) is 3.29. The van der Waals surface area contributed by atoms with Gasteiger partial charge >= 0.3 is 0 Å². The third-order valence-electron chi connectivity index (χ3n) is 5.33. The number of ether oxygens (including phenoxy) is 1. The van der Waals surface area contributed by atoms with Gasteiger partial charge in [-0.15, -0.1) is 16.8 Å². The second-order valence-electron chi connectivity index (χ2n) is 7.81. The van der Waals surface area contributed by atoms with Crippen molar-refractivity contribution >= 4 is 29.3 Å². The van der Waals surface area contributed by atoms with E-state index >= 15 is 0 Å². The van der Waals surface area contributed by atoms with Crippen molar-refractivity contribution in [1.29, 1.82) is 0 Å². The van der Waals surface area contributed by atoms with Gasteiger partial charge in [0.05, 0.1) is 19.5 Å². The molecule has 0 aliphatic heterocycles. The number of rotatable bonds is 11. The van der Waals surface area contributed by atoms with Gasteiger partial charge in [-0.3, -0.25) is 9.59 Å². The highest BCUT2D eigenvalue weighted by Crippen LogP contribution is 2.22.